The smallest absolute Gasteiger partial charge is 0.261 e. The van der Waals surface area contributed by atoms with E-state index in [0.29, 0.717) is 59.8 Å². The first-order valence-corrected chi connectivity index (χ1v) is 13.1. The van der Waals surface area contributed by atoms with Crippen molar-refractivity contribution in [3.63, 3.8) is 0 Å². The number of anilines is 2. The van der Waals surface area contributed by atoms with E-state index in [4.69, 9.17) is 14.5 Å². The van der Waals surface area contributed by atoms with Gasteiger partial charge in [0.15, 0.2) is 5.65 Å². The molecule has 2 fully saturated rings. The van der Waals surface area contributed by atoms with Gasteiger partial charge in [0.1, 0.15) is 17.2 Å². The predicted molar refractivity (Wildman–Crippen MR) is 144 cm³/mol. The number of methoxy groups -OCH3 is 1. The second kappa shape index (κ2) is 11.0. The molecule has 4 aromatic rings. The number of aromatic nitrogens is 4. The van der Waals surface area contributed by atoms with Crippen LogP contribution >= 0.6 is 0 Å². The molecule has 10 nitrogen and oxygen atoms in total. The molecule has 1 amide bonds. The van der Waals surface area contributed by atoms with Gasteiger partial charge in [-0.05, 0) is 61.7 Å². The van der Waals surface area contributed by atoms with E-state index in [1.54, 1.807) is 10.7 Å². The van der Waals surface area contributed by atoms with Crippen LogP contribution in [0.15, 0.2) is 55.0 Å². The average Bonchev–Trinajstić information content (AvgIpc) is 3.41. The Morgan fingerprint density at radius 3 is 2.79 bits per heavy atom. The summed E-state index contributed by atoms with van der Waals surface area (Å²) in [5.41, 5.74) is 3.35. The number of ether oxygens (including phenoxy) is 2. The lowest BCUT2D eigenvalue weighted by Crippen LogP contribution is -2.40. The van der Waals surface area contributed by atoms with Crippen molar-refractivity contribution in [2.75, 3.05) is 50.2 Å². The van der Waals surface area contributed by atoms with Gasteiger partial charge in [-0.1, -0.05) is 12.1 Å². The molecule has 2 N–H and O–H groups in total. The number of hydrogen-bond acceptors (Lipinski definition) is 8. The number of nitrogens with one attached hydrogen (secondary N) is 2. The summed E-state index contributed by atoms with van der Waals surface area (Å²) in [7, 11) is 1.50. The Balaban J connectivity index is 1.25. The zero-order chi connectivity index (χ0) is 26.8. The molecule has 0 bridgehead atoms. The average molecular weight is 532 g/mol. The number of hydrogen-bond donors (Lipinski definition) is 2. The lowest BCUT2D eigenvalue weighted by molar-refractivity contribution is 0.0926. The van der Waals surface area contributed by atoms with Crippen LogP contribution in [0.5, 0.6) is 5.88 Å². The Morgan fingerprint density at radius 2 is 2.00 bits per heavy atom. The number of piperidine rings is 1. The third kappa shape index (κ3) is 5.15. The first-order chi connectivity index (χ1) is 19.1. The molecular formula is C28H30FN7O3. The zero-order valence-corrected chi connectivity index (χ0v) is 21.6. The molecule has 5 heterocycles. The van der Waals surface area contributed by atoms with Gasteiger partial charge < -0.3 is 25.0 Å². The number of benzene rings is 1. The monoisotopic (exact) mass is 531 g/mol. The zero-order valence-electron chi connectivity index (χ0n) is 21.6. The van der Waals surface area contributed by atoms with Gasteiger partial charge in [-0.25, -0.2) is 18.9 Å². The molecule has 39 heavy (non-hydrogen) atoms. The van der Waals surface area contributed by atoms with Crippen molar-refractivity contribution >= 4 is 23.1 Å². The molecule has 202 valence electrons. The molecule has 0 aliphatic carbocycles. The molecule has 2 aliphatic heterocycles. The third-order valence-electron chi connectivity index (χ3n) is 7.40. The van der Waals surface area contributed by atoms with E-state index in [1.807, 2.05) is 23.1 Å². The summed E-state index contributed by atoms with van der Waals surface area (Å²) in [5, 5.41) is 10.7. The minimum atomic E-state index is -0.460. The maximum absolute atomic E-state index is 14.1. The Kier molecular flexibility index (Phi) is 7.08. The van der Waals surface area contributed by atoms with Crippen molar-refractivity contribution in [3.05, 3.63) is 77.5 Å². The number of rotatable bonds is 6. The van der Waals surface area contributed by atoms with Crippen LogP contribution in [0.25, 0.3) is 5.65 Å². The Morgan fingerprint density at radius 1 is 1.18 bits per heavy atom. The molecule has 11 heteroatoms. The van der Waals surface area contributed by atoms with Crippen molar-refractivity contribution in [1.29, 1.82) is 0 Å². The number of nitrogens with zero attached hydrogens (tertiary/aromatic N) is 5. The largest absolute Gasteiger partial charge is 0.481 e. The summed E-state index contributed by atoms with van der Waals surface area (Å²) in [6, 6.07) is 10.9. The fourth-order valence-corrected chi connectivity index (χ4v) is 5.36. The highest BCUT2D eigenvalue weighted by molar-refractivity contribution is 6.08. The quantitative estimate of drug-likeness (QED) is 0.389. The summed E-state index contributed by atoms with van der Waals surface area (Å²) >= 11 is 0. The molecule has 1 aromatic carbocycles. The maximum atomic E-state index is 14.1. The summed E-state index contributed by atoms with van der Waals surface area (Å²) in [5.74, 6) is 0.735. The van der Waals surface area contributed by atoms with Crippen LogP contribution in [0.4, 0.5) is 15.9 Å². The normalized spacial score (nSPS) is 18.3. The van der Waals surface area contributed by atoms with Gasteiger partial charge in [0.2, 0.25) is 5.88 Å². The highest BCUT2D eigenvalue weighted by Crippen LogP contribution is 2.34. The van der Waals surface area contributed by atoms with E-state index >= 15 is 0 Å². The number of pyridine rings is 1. The van der Waals surface area contributed by atoms with Crippen LogP contribution in [0, 0.1) is 5.82 Å². The van der Waals surface area contributed by atoms with Crippen LogP contribution in [-0.4, -0.2) is 65.4 Å². The Hall–Kier alpha value is -4.09. The van der Waals surface area contributed by atoms with Gasteiger partial charge in [-0.2, -0.15) is 5.10 Å². The van der Waals surface area contributed by atoms with E-state index < -0.39 is 5.82 Å². The van der Waals surface area contributed by atoms with Crippen molar-refractivity contribution in [1.82, 2.24) is 24.9 Å². The summed E-state index contributed by atoms with van der Waals surface area (Å²) < 4.78 is 26.8. The molecule has 1 atom stereocenters. The van der Waals surface area contributed by atoms with E-state index in [0.717, 1.165) is 32.1 Å². The fraction of sp³-hybridized carbons (Fsp3) is 0.357. The summed E-state index contributed by atoms with van der Waals surface area (Å²) in [6.45, 7) is 3.38. The number of fused-ring (bicyclic) bond motifs is 1. The molecular weight excluding hydrogens is 501 g/mol. The molecule has 0 saturated carbocycles. The first-order valence-electron chi connectivity index (χ1n) is 13.1. The molecule has 3 aromatic heterocycles. The van der Waals surface area contributed by atoms with Crippen molar-refractivity contribution in [3.8, 4) is 5.88 Å². The van der Waals surface area contributed by atoms with E-state index in [1.165, 1.54) is 24.9 Å². The van der Waals surface area contributed by atoms with Crippen molar-refractivity contribution in [2.45, 2.75) is 24.8 Å². The minimum Gasteiger partial charge on any atom is -0.481 e. The van der Waals surface area contributed by atoms with Crippen LogP contribution in [0.2, 0.25) is 0 Å². The predicted octanol–water partition coefficient (Wildman–Crippen LogP) is 3.57. The molecule has 6 rings (SSSR count). The van der Waals surface area contributed by atoms with Crippen molar-refractivity contribution < 1.29 is 18.7 Å². The number of carbonyl (C=O) groups excluding carboxylic acids is 1. The van der Waals surface area contributed by atoms with Crippen molar-refractivity contribution in [2.24, 2.45) is 0 Å². The number of halogens is 1. The lowest BCUT2D eigenvalue weighted by atomic mass is 9.90. The topological polar surface area (TPSA) is 106 Å². The second-order valence-corrected chi connectivity index (χ2v) is 9.75. The van der Waals surface area contributed by atoms with Crippen LogP contribution < -0.4 is 20.3 Å². The van der Waals surface area contributed by atoms with Crippen LogP contribution in [0.3, 0.4) is 0 Å². The minimum absolute atomic E-state index is 0.293. The SMILES string of the molecule is COc1ncc(F)cc1C1COCCN1c1ccn2ncc(C(=O)Nc3ccc(C4CCNCC4)cc3)c2n1. The van der Waals surface area contributed by atoms with Gasteiger partial charge >= 0.3 is 0 Å². The molecule has 0 spiro atoms. The van der Waals surface area contributed by atoms with Crippen LogP contribution in [0.1, 0.15) is 46.3 Å². The van der Waals surface area contributed by atoms with E-state index in [2.05, 4.69) is 32.8 Å². The fourth-order valence-electron chi connectivity index (χ4n) is 5.36. The molecule has 0 radical (unpaired) electrons. The van der Waals surface area contributed by atoms with E-state index in [-0.39, 0.29) is 11.9 Å². The Bertz CT molecular complexity index is 1470. The van der Waals surface area contributed by atoms with Gasteiger partial charge in [0, 0.05) is 24.0 Å². The third-order valence-corrected chi connectivity index (χ3v) is 7.40. The highest BCUT2D eigenvalue weighted by Gasteiger charge is 2.30. The molecule has 2 aliphatic rings. The highest BCUT2D eigenvalue weighted by atomic mass is 19.1. The van der Waals surface area contributed by atoms with Gasteiger partial charge in [-0.15, -0.1) is 0 Å². The Labute approximate surface area is 225 Å². The lowest BCUT2D eigenvalue weighted by Gasteiger charge is -2.37. The standard InChI is InChI=1S/C28H30FN7O3/c1-38-28-22(14-20(29)15-31-28)24-17-39-13-12-35(24)25-8-11-36-26(34-25)23(16-32-36)27(37)33-21-4-2-18(3-5-21)19-6-9-30-10-7-19/h2-5,8,11,14-16,19,24,30H,6-7,9-10,12-13,17H2,1H3,(H,33,37). The number of carbonyl (C=O) groups is 1. The van der Waals surface area contributed by atoms with Gasteiger partial charge in [0.05, 0.1) is 38.8 Å². The van der Waals surface area contributed by atoms with Gasteiger partial charge in [0.25, 0.3) is 5.91 Å². The van der Waals surface area contributed by atoms with E-state index in [9.17, 15) is 9.18 Å². The first kappa shape index (κ1) is 25.2. The van der Waals surface area contributed by atoms with Gasteiger partial charge in [-0.3, -0.25) is 4.79 Å². The van der Waals surface area contributed by atoms with Crippen LogP contribution in [-0.2, 0) is 4.74 Å². The molecule has 2 saturated heterocycles. The second-order valence-electron chi connectivity index (χ2n) is 9.75. The molecule has 1 unspecified atom stereocenters. The number of morpholine rings is 1. The number of amides is 1. The summed E-state index contributed by atoms with van der Waals surface area (Å²) in [6.07, 6.45) is 6.64. The summed E-state index contributed by atoms with van der Waals surface area (Å²) in [4.78, 5) is 24.1. The maximum Gasteiger partial charge on any atom is 0.261 e.